The first-order chi connectivity index (χ1) is 5.45. The first-order valence-electron chi connectivity index (χ1n) is 3.87. The van der Waals surface area contributed by atoms with Crippen LogP contribution in [0.1, 0.15) is 5.69 Å². The van der Waals surface area contributed by atoms with E-state index in [1.165, 1.54) is 5.69 Å². The highest BCUT2D eigenvalue weighted by Crippen LogP contribution is 2.05. The smallest absolute Gasteiger partial charge is 0.0995 e. The van der Waals surface area contributed by atoms with Crippen LogP contribution in [0.5, 0.6) is 0 Å². The zero-order valence-corrected chi connectivity index (χ0v) is 6.42. The summed E-state index contributed by atoms with van der Waals surface area (Å²) in [5, 5.41) is 0. The van der Waals surface area contributed by atoms with Gasteiger partial charge in [0, 0.05) is 25.0 Å². The fourth-order valence-electron chi connectivity index (χ4n) is 1.28. The van der Waals surface area contributed by atoms with Crippen LogP contribution in [0.4, 0.5) is 0 Å². The van der Waals surface area contributed by atoms with Gasteiger partial charge in [0.2, 0.25) is 0 Å². The molecule has 0 saturated carbocycles. The van der Waals surface area contributed by atoms with Gasteiger partial charge in [0.15, 0.2) is 0 Å². The monoisotopic (exact) mass is 152 g/mol. The SMILES string of the molecule is c1c[nH]c(CN2CCOC2)c1. The lowest BCUT2D eigenvalue weighted by Crippen LogP contribution is -2.19. The van der Waals surface area contributed by atoms with Crippen molar-refractivity contribution >= 4 is 0 Å². The molecule has 0 amide bonds. The van der Waals surface area contributed by atoms with Gasteiger partial charge in [0.1, 0.15) is 0 Å². The van der Waals surface area contributed by atoms with Crippen LogP contribution >= 0.6 is 0 Å². The molecule has 1 aliphatic heterocycles. The molecule has 3 nitrogen and oxygen atoms in total. The number of nitrogens with zero attached hydrogens (tertiary/aromatic N) is 1. The van der Waals surface area contributed by atoms with E-state index in [2.05, 4.69) is 16.0 Å². The van der Waals surface area contributed by atoms with Crippen LogP contribution in [-0.2, 0) is 11.3 Å². The van der Waals surface area contributed by atoms with E-state index in [0.29, 0.717) is 0 Å². The van der Waals surface area contributed by atoms with Gasteiger partial charge in [-0.2, -0.15) is 0 Å². The minimum atomic E-state index is 0.777. The first kappa shape index (κ1) is 6.88. The topological polar surface area (TPSA) is 28.3 Å². The number of aromatic amines is 1. The van der Waals surface area contributed by atoms with Gasteiger partial charge in [-0.1, -0.05) is 0 Å². The average molecular weight is 152 g/mol. The fraction of sp³-hybridized carbons (Fsp3) is 0.500. The summed E-state index contributed by atoms with van der Waals surface area (Å²) in [7, 11) is 0. The lowest BCUT2D eigenvalue weighted by molar-refractivity contribution is 0.136. The Bertz CT molecular complexity index is 202. The van der Waals surface area contributed by atoms with Crippen LogP contribution < -0.4 is 0 Å². The zero-order valence-electron chi connectivity index (χ0n) is 6.42. The molecule has 60 valence electrons. The largest absolute Gasteiger partial charge is 0.365 e. The molecule has 1 aliphatic rings. The van der Waals surface area contributed by atoms with E-state index < -0.39 is 0 Å². The predicted molar refractivity (Wildman–Crippen MR) is 42.0 cm³/mol. The maximum Gasteiger partial charge on any atom is 0.0995 e. The van der Waals surface area contributed by atoms with E-state index in [9.17, 15) is 0 Å². The van der Waals surface area contributed by atoms with Gasteiger partial charge in [-0.3, -0.25) is 4.90 Å². The highest BCUT2D eigenvalue weighted by molar-refractivity contribution is 5.03. The summed E-state index contributed by atoms with van der Waals surface area (Å²) in [6, 6.07) is 4.12. The number of rotatable bonds is 2. The molecule has 0 unspecified atom stereocenters. The van der Waals surface area contributed by atoms with Gasteiger partial charge in [-0.05, 0) is 12.1 Å². The summed E-state index contributed by atoms with van der Waals surface area (Å²) >= 11 is 0. The van der Waals surface area contributed by atoms with Crippen LogP contribution in [0.3, 0.4) is 0 Å². The third-order valence-electron chi connectivity index (χ3n) is 1.88. The highest BCUT2D eigenvalue weighted by atomic mass is 16.5. The Balaban J connectivity index is 1.90. The summed E-state index contributed by atoms with van der Waals surface area (Å²) in [4.78, 5) is 5.44. The van der Waals surface area contributed by atoms with Crippen molar-refractivity contribution in [2.24, 2.45) is 0 Å². The Morgan fingerprint density at radius 2 is 2.64 bits per heavy atom. The van der Waals surface area contributed by atoms with E-state index in [-0.39, 0.29) is 0 Å². The Morgan fingerprint density at radius 1 is 1.64 bits per heavy atom. The van der Waals surface area contributed by atoms with Gasteiger partial charge < -0.3 is 9.72 Å². The van der Waals surface area contributed by atoms with E-state index >= 15 is 0 Å². The minimum absolute atomic E-state index is 0.777. The van der Waals surface area contributed by atoms with Crippen LogP contribution in [0.25, 0.3) is 0 Å². The third kappa shape index (κ3) is 1.61. The van der Waals surface area contributed by atoms with Gasteiger partial charge >= 0.3 is 0 Å². The van der Waals surface area contributed by atoms with Gasteiger partial charge in [0.05, 0.1) is 13.3 Å². The second kappa shape index (κ2) is 3.07. The first-order valence-corrected chi connectivity index (χ1v) is 3.87. The summed E-state index contributed by atoms with van der Waals surface area (Å²) in [6.07, 6.45) is 1.95. The van der Waals surface area contributed by atoms with Crippen molar-refractivity contribution in [3.05, 3.63) is 24.0 Å². The molecule has 2 heterocycles. The van der Waals surface area contributed by atoms with Crippen molar-refractivity contribution in [2.45, 2.75) is 6.54 Å². The second-order valence-corrected chi connectivity index (χ2v) is 2.79. The van der Waals surface area contributed by atoms with E-state index in [4.69, 9.17) is 4.74 Å². The van der Waals surface area contributed by atoms with Crippen molar-refractivity contribution in [2.75, 3.05) is 19.9 Å². The van der Waals surface area contributed by atoms with Gasteiger partial charge in [-0.25, -0.2) is 0 Å². The van der Waals surface area contributed by atoms with E-state index in [0.717, 1.165) is 26.4 Å². The molecule has 11 heavy (non-hydrogen) atoms. The quantitative estimate of drug-likeness (QED) is 0.679. The van der Waals surface area contributed by atoms with Crippen molar-refractivity contribution < 1.29 is 4.74 Å². The van der Waals surface area contributed by atoms with Crippen molar-refractivity contribution in [3.8, 4) is 0 Å². The molecule has 0 spiro atoms. The summed E-state index contributed by atoms with van der Waals surface area (Å²) < 4.78 is 5.22. The molecule has 1 N–H and O–H groups in total. The standard InChI is InChI=1S/C8H12N2O/c1-2-8(9-3-1)6-10-4-5-11-7-10/h1-3,9H,4-7H2. The lowest BCUT2D eigenvalue weighted by atomic mass is 10.4. The Morgan fingerprint density at radius 3 is 3.27 bits per heavy atom. The molecule has 0 bridgehead atoms. The number of aromatic nitrogens is 1. The van der Waals surface area contributed by atoms with Crippen LogP contribution in [0.15, 0.2) is 18.3 Å². The maximum atomic E-state index is 5.22. The van der Waals surface area contributed by atoms with Crippen molar-refractivity contribution in [1.29, 1.82) is 0 Å². The Hall–Kier alpha value is -0.800. The predicted octanol–water partition coefficient (Wildman–Crippen LogP) is 0.804. The lowest BCUT2D eigenvalue weighted by Gasteiger charge is -2.10. The van der Waals surface area contributed by atoms with Gasteiger partial charge in [0.25, 0.3) is 0 Å². The molecule has 3 heteroatoms. The van der Waals surface area contributed by atoms with Gasteiger partial charge in [-0.15, -0.1) is 0 Å². The zero-order chi connectivity index (χ0) is 7.52. The molecule has 1 aromatic rings. The maximum absolute atomic E-state index is 5.22. The number of nitrogens with one attached hydrogen (secondary N) is 1. The van der Waals surface area contributed by atoms with E-state index in [1.54, 1.807) is 0 Å². The molecule has 0 aliphatic carbocycles. The Labute approximate surface area is 66.0 Å². The number of hydrogen-bond acceptors (Lipinski definition) is 2. The molecular weight excluding hydrogens is 140 g/mol. The third-order valence-corrected chi connectivity index (χ3v) is 1.88. The summed E-state index contributed by atoms with van der Waals surface area (Å²) in [5.74, 6) is 0. The Kier molecular flexibility index (Phi) is 1.92. The van der Waals surface area contributed by atoms with Crippen molar-refractivity contribution in [3.63, 3.8) is 0 Å². The van der Waals surface area contributed by atoms with Crippen LogP contribution in [-0.4, -0.2) is 29.8 Å². The highest BCUT2D eigenvalue weighted by Gasteiger charge is 2.11. The van der Waals surface area contributed by atoms with Crippen LogP contribution in [0.2, 0.25) is 0 Å². The molecule has 0 radical (unpaired) electrons. The number of ether oxygens (including phenoxy) is 1. The summed E-state index contributed by atoms with van der Waals surface area (Å²) in [5.41, 5.74) is 1.26. The molecule has 2 rings (SSSR count). The number of hydrogen-bond donors (Lipinski definition) is 1. The second-order valence-electron chi connectivity index (χ2n) is 2.79. The molecule has 0 aromatic carbocycles. The molecule has 1 fully saturated rings. The molecule has 1 aromatic heterocycles. The normalized spacial score (nSPS) is 19.3. The average Bonchev–Trinajstić information content (AvgIpc) is 2.60. The molecule has 1 saturated heterocycles. The van der Waals surface area contributed by atoms with E-state index in [1.807, 2.05) is 12.3 Å². The fourth-order valence-corrected chi connectivity index (χ4v) is 1.28. The summed E-state index contributed by atoms with van der Waals surface area (Å²) in [6.45, 7) is 3.69. The number of H-pyrrole nitrogens is 1. The van der Waals surface area contributed by atoms with Crippen molar-refractivity contribution in [1.82, 2.24) is 9.88 Å². The van der Waals surface area contributed by atoms with Crippen LogP contribution in [0, 0.1) is 0 Å². The molecule has 0 atom stereocenters. The minimum Gasteiger partial charge on any atom is -0.365 e. The molecular formula is C8H12N2O.